The van der Waals surface area contributed by atoms with Crippen molar-refractivity contribution in [1.82, 2.24) is 20.2 Å². The summed E-state index contributed by atoms with van der Waals surface area (Å²) in [7, 11) is 1.71. The van der Waals surface area contributed by atoms with Crippen LogP contribution >= 0.6 is 11.3 Å². The Hall–Kier alpha value is -1.31. The molecule has 1 N–H and O–H groups in total. The molecule has 0 aliphatic carbocycles. The molecule has 1 saturated heterocycles. The van der Waals surface area contributed by atoms with Crippen LogP contribution in [0, 0.1) is 5.92 Å². The molecule has 3 atom stereocenters. The number of hydrogen-bond donors (Lipinski definition) is 1. The first-order valence-corrected chi connectivity index (χ1v) is 8.80. The van der Waals surface area contributed by atoms with Crippen molar-refractivity contribution in [3.05, 3.63) is 28.2 Å². The van der Waals surface area contributed by atoms with E-state index in [0.29, 0.717) is 13.2 Å². The van der Waals surface area contributed by atoms with E-state index in [9.17, 15) is 0 Å². The summed E-state index contributed by atoms with van der Waals surface area (Å²) in [4.78, 5) is 2.92. The molecule has 7 heteroatoms. The number of quaternary nitrogens is 1. The topological polar surface area (TPSA) is 57.3 Å². The molecule has 120 valence electrons. The van der Waals surface area contributed by atoms with Crippen LogP contribution in [0.1, 0.15) is 36.5 Å². The summed E-state index contributed by atoms with van der Waals surface area (Å²) in [5.41, 5.74) is 0. The maximum Gasteiger partial charge on any atom is 0.215 e. The number of rotatable bonds is 6. The maximum absolute atomic E-state index is 5.18. The fourth-order valence-corrected chi connectivity index (χ4v) is 4.19. The molecular weight excluding hydrogens is 298 g/mol. The molecule has 1 fully saturated rings. The molecule has 0 spiro atoms. The molecule has 2 aromatic heterocycles. The number of tetrazole rings is 1. The van der Waals surface area contributed by atoms with Crippen LogP contribution in [-0.2, 0) is 11.3 Å². The van der Waals surface area contributed by atoms with Crippen LogP contribution in [-0.4, -0.2) is 47.0 Å². The number of piperidine rings is 1. The fourth-order valence-electron chi connectivity index (χ4n) is 3.31. The predicted molar refractivity (Wildman–Crippen MR) is 84.9 cm³/mol. The summed E-state index contributed by atoms with van der Waals surface area (Å²) < 4.78 is 7.09. The van der Waals surface area contributed by atoms with Gasteiger partial charge in [-0.3, -0.25) is 0 Å². The standard InChI is InChI=1S/C15H23N5OS/c1-12-5-3-7-19(11-12)14(13-6-4-10-22-13)15-16-17-18-20(15)8-9-21-2/h4,6,10,12,14H,3,5,7-9,11H2,1-2H3/p+1/t12-,14-/m1/s1. The predicted octanol–water partition coefficient (Wildman–Crippen LogP) is 0.785. The van der Waals surface area contributed by atoms with E-state index >= 15 is 0 Å². The highest BCUT2D eigenvalue weighted by Crippen LogP contribution is 2.23. The number of likely N-dealkylation sites (tertiary alicyclic amines) is 1. The highest BCUT2D eigenvalue weighted by molar-refractivity contribution is 7.10. The van der Waals surface area contributed by atoms with Gasteiger partial charge in [0.2, 0.25) is 5.82 Å². The Morgan fingerprint density at radius 1 is 1.55 bits per heavy atom. The fraction of sp³-hybridized carbons (Fsp3) is 0.667. The van der Waals surface area contributed by atoms with E-state index < -0.39 is 0 Å². The van der Waals surface area contributed by atoms with Crippen LogP contribution in [0.15, 0.2) is 17.5 Å². The largest absolute Gasteiger partial charge is 0.383 e. The Bertz CT molecular complexity index is 570. The number of ether oxygens (including phenoxy) is 1. The molecule has 1 unspecified atom stereocenters. The van der Waals surface area contributed by atoms with Crippen molar-refractivity contribution in [3.8, 4) is 0 Å². The Labute approximate surface area is 135 Å². The van der Waals surface area contributed by atoms with E-state index in [4.69, 9.17) is 4.74 Å². The van der Waals surface area contributed by atoms with E-state index in [1.165, 1.54) is 30.8 Å². The van der Waals surface area contributed by atoms with Crippen molar-refractivity contribution in [1.29, 1.82) is 0 Å². The SMILES string of the molecule is COCCn1nnnc1[C@@H](c1cccs1)[NH+]1CCC[C@@H](C)C1. The van der Waals surface area contributed by atoms with Gasteiger partial charge in [-0.2, -0.15) is 0 Å². The monoisotopic (exact) mass is 322 g/mol. The van der Waals surface area contributed by atoms with Crippen LogP contribution in [0.25, 0.3) is 0 Å². The van der Waals surface area contributed by atoms with Crippen LogP contribution < -0.4 is 4.90 Å². The number of hydrogen-bond acceptors (Lipinski definition) is 5. The van der Waals surface area contributed by atoms with Gasteiger partial charge in [0.25, 0.3) is 0 Å². The molecule has 2 aromatic rings. The van der Waals surface area contributed by atoms with E-state index in [2.05, 4.69) is 40.0 Å². The molecule has 0 radical (unpaired) electrons. The number of thiophene rings is 1. The molecule has 22 heavy (non-hydrogen) atoms. The lowest BCUT2D eigenvalue weighted by Gasteiger charge is -2.33. The number of methoxy groups -OCH3 is 1. The molecule has 0 aromatic carbocycles. The van der Waals surface area contributed by atoms with Gasteiger partial charge in [-0.1, -0.05) is 13.0 Å². The lowest BCUT2D eigenvalue weighted by Crippen LogP contribution is -3.14. The molecule has 3 rings (SSSR count). The summed E-state index contributed by atoms with van der Waals surface area (Å²) in [6, 6.07) is 4.55. The molecular formula is C15H24N5OS+. The second kappa shape index (κ2) is 7.30. The van der Waals surface area contributed by atoms with Crippen molar-refractivity contribution in [2.75, 3.05) is 26.8 Å². The second-order valence-electron chi connectivity index (χ2n) is 6.06. The molecule has 1 aliphatic heterocycles. The van der Waals surface area contributed by atoms with Gasteiger partial charge in [-0.25, -0.2) is 4.68 Å². The quantitative estimate of drug-likeness (QED) is 0.854. The third-order valence-electron chi connectivity index (χ3n) is 4.37. The third-order valence-corrected chi connectivity index (χ3v) is 5.30. The van der Waals surface area contributed by atoms with Gasteiger partial charge in [0, 0.05) is 13.0 Å². The first-order valence-electron chi connectivity index (χ1n) is 7.92. The first kappa shape index (κ1) is 15.6. The molecule has 0 bridgehead atoms. The summed E-state index contributed by atoms with van der Waals surface area (Å²) in [6.07, 6.45) is 2.60. The van der Waals surface area contributed by atoms with E-state index in [1.807, 2.05) is 4.68 Å². The zero-order chi connectivity index (χ0) is 15.4. The maximum atomic E-state index is 5.18. The summed E-state index contributed by atoms with van der Waals surface area (Å²) in [5, 5.41) is 14.6. The highest BCUT2D eigenvalue weighted by atomic mass is 32.1. The smallest absolute Gasteiger partial charge is 0.215 e. The lowest BCUT2D eigenvalue weighted by molar-refractivity contribution is -0.934. The first-order chi connectivity index (χ1) is 10.8. The summed E-state index contributed by atoms with van der Waals surface area (Å²) in [5.74, 6) is 1.72. The van der Waals surface area contributed by atoms with Crippen LogP contribution in [0.2, 0.25) is 0 Å². The molecule has 1 aliphatic rings. The number of aromatic nitrogens is 4. The average Bonchev–Trinajstić information content (AvgIpc) is 3.18. The van der Waals surface area contributed by atoms with Gasteiger partial charge < -0.3 is 9.64 Å². The van der Waals surface area contributed by atoms with E-state index in [1.54, 1.807) is 23.3 Å². The minimum absolute atomic E-state index is 0.231. The molecule has 3 heterocycles. The van der Waals surface area contributed by atoms with Gasteiger partial charge in [0.1, 0.15) is 0 Å². The number of nitrogens with one attached hydrogen (secondary N) is 1. The second-order valence-corrected chi connectivity index (χ2v) is 7.04. The van der Waals surface area contributed by atoms with Crippen molar-refractivity contribution in [2.45, 2.75) is 32.4 Å². The molecule has 0 saturated carbocycles. The zero-order valence-electron chi connectivity index (χ0n) is 13.2. The van der Waals surface area contributed by atoms with Gasteiger partial charge in [0.05, 0.1) is 31.1 Å². The Morgan fingerprint density at radius 3 is 3.18 bits per heavy atom. The highest BCUT2D eigenvalue weighted by Gasteiger charge is 2.34. The van der Waals surface area contributed by atoms with Gasteiger partial charge >= 0.3 is 0 Å². The minimum atomic E-state index is 0.231. The molecule has 6 nitrogen and oxygen atoms in total. The van der Waals surface area contributed by atoms with Gasteiger partial charge in [-0.05, 0) is 34.7 Å². The van der Waals surface area contributed by atoms with Crippen molar-refractivity contribution in [3.63, 3.8) is 0 Å². The van der Waals surface area contributed by atoms with Crippen LogP contribution in [0.3, 0.4) is 0 Å². The number of nitrogens with zero attached hydrogens (tertiary/aromatic N) is 4. The van der Waals surface area contributed by atoms with Crippen molar-refractivity contribution in [2.24, 2.45) is 5.92 Å². The van der Waals surface area contributed by atoms with Gasteiger partial charge in [0.15, 0.2) is 6.04 Å². The summed E-state index contributed by atoms with van der Waals surface area (Å²) in [6.45, 7) is 6.03. The zero-order valence-corrected chi connectivity index (χ0v) is 14.1. The molecule has 0 amide bonds. The van der Waals surface area contributed by atoms with Crippen LogP contribution in [0.5, 0.6) is 0 Å². The van der Waals surface area contributed by atoms with E-state index in [0.717, 1.165) is 11.7 Å². The lowest BCUT2D eigenvalue weighted by atomic mass is 9.98. The Kier molecular flexibility index (Phi) is 5.17. The van der Waals surface area contributed by atoms with E-state index in [-0.39, 0.29) is 6.04 Å². The minimum Gasteiger partial charge on any atom is -0.383 e. The summed E-state index contributed by atoms with van der Waals surface area (Å²) >= 11 is 1.80. The van der Waals surface area contributed by atoms with Crippen LogP contribution in [0.4, 0.5) is 0 Å². The average molecular weight is 322 g/mol. The van der Waals surface area contributed by atoms with Gasteiger partial charge in [-0.15, -0.1) is 16.4 Å². The van der Waals surface area contributed by atoms with Crippen molar-refractivity contribution >= 4 is 11.3 Å². The van der Waals surface area contributed by atoms with Crippen molar-refractivity contribution < 1.29 is 9.64 Å². The third kappa shape index (κ3) is 3.37. The normalized spacial score (nSPS) is 23.5. The Morgan fingerprint density at radius 2 is 2.45 bits per heavy atom. The Balaban J connectivity index is 1.90.